The van der Waals surface area contributed by atoms with Crippen LogP contribution in [0.1, 0.15) is 42.6 Å². The molecule has 1 saturated carbocycles. The number of carbonyl (C=O) groups excluding carboxylic acids is 1. The molecule has 29 heavy (non-hydrogen) atoms. The van der Waals surface area contributed by atoms with Gasteiger partial charge >= 0.3 is 0 Å². The van der Waals surface area contributed by atoms with Gasteiger partial charge in [-0.1, -0.05) is 19.3 Å². The lowest BCUT2D eigenvalue weighted by Crippen LogP contribution is -2.44. The first kappa shape index (κ1) is 19.7. The van der Waals surface area contributed by atoms with Crippen LogP contribution in [-0.2, 0) is 0 Å². The number of nitrogens with one attached hydrogen (secondary N) is 2. The molecule has 6 heteroatoms. The van der Waals surface area contributed by atoms with Gasteiger partial charge in [0, 0.05) is 55.5 Å². The number of hydrogen-bond donors (Lipinski definition) is 2. The molecule has 2 aliphatic rings. The van der Waals surface area contributed by atoms with Gasteiger partial charge in [0.2, 0.25) is 0 Å². The summed E-state index contributed by atoms with van der Waals surface area (Å²) >= 11 is 0. The Hall–Kier alpha value is -2.60. The number of amides is 1. The number of rotatable bonds is 5. The fourth-order valence-corrected chi connectivity index (χ4v) is 4.13. The Kier molecular flexibility index (Phi) is 6.30. The second-order valence-electron chi connectivity index (χ2n) is 8.20. The molecule has 1 aliphatic carbocycles. The van der Waals surface area contributed by atoms with Crippen LogP contribution in [0.5, 0.6) is 0 Å². The van der Waals surface area contributed by atoms with E-state index in [9.17, 15) is 4.79 Å². The van der Waals surface area contributed by atoms with Gasteiger partial charge in [0.05, 0.1) is 0 Å². The molecular weight excluding hydrogens is 362 g/mol. The van der Waals surface area contributed by atoms with Crippen molar-refractivity contribution in [3.05, 3.63) is 48.3 Å². The van der Waals surface area contributed by atoms with E-state index in [4.69, 9.17) is 0 Å². The molecule has 2 N–H and O–H groups in total. The third kappa shape index (κ3) is 5.26. The molecule has 0 atom stereocenters. The van der Waals surface area contributed by atoms with Gasteiger partial charge in [-0.3, -0.25) is 9.78 Å². The van der Waals surface area contributed by atoms with Crippen molar-refractivity contribution in [3.8, 4) is 0 Å². The summed E-state index contributed by atoms with van der Waals surface area (Å²) in [5, 5.41) is 6.53. The molecule has 0 unspecified atom stereocenters. The maximum atomic E-state index is 12.6. The summed E-state index contributed by atoms with van der Waals surface area (Å²) in [6.45, 7) is 4.33. The minimum Gasteiger partial charge on any atom is -0.369 e. The zero-order valence-electron chi connectivity index (χ0n) is 17.2. The molecule has 154 valence electrons. The lowest BCUT2D eigenvalue weighted by Gasteiger charge is -2.34. The fraction of sp³-hybridized carbons (Fsp3) is 0.478. The maximum Gasteiger partial charge on any atom is 0.270 e. The van der Waals surface area contributed by atoms with Crippen LogP contribution in [-0.4, -0.2) is 55.1 Å². The van der Waals surface area contributed by atoms with Gasteiger partial charge < -0.3 is 20.4 Å². The summed E-state index contributed by atoms with van der Waals surface area (Å²) in [7, 11) is 2.17. The van der Waals surface area contributed by atoms with E-state index in [1.165, 1.54) is 24.9 Å². The molecule has 2 heterocycles. The number of likely N-dealkylation sites (N-methyl/N-ethyl adjacent to an activating group) is 1. The van der Waals surface area contributed by atoms with E-state index in [0.717, 1.165) is 50.4 Å². The van der Waals surface area contributed by atoms with Crippen molar-refractivity contribution in [2.24, 2.45) is 0 Å². The number of aromatic nitrogens is 1. The van der Waals surface area contributed by atoms with Gasteiger partial charge in [-0.15, -0.1) is 0 Å². The predicted molar refractivity (Wildman–Crippen MR) is 118 cm³/mol. The number of hydrogen-bond acceptors (Lipinski definition) is 5. The van der Waals surface area contributed by atoms with Crippen molar-refractivity contribution in [1.82, 2.24) is 15.2 Å². The summed E-state index contributed by atoms with van der Waals surface area (Å²) < 4.78 is 0. The SMILES string of the molecule is CN1CCN(c2ccc(Nc3ccnc(C(=O)NC4CCCCC4)c3)cc2)CC1. The average Bonchev–Trinajstić information content (AvgIpc) is 2.76. The topological polar surface area (TPSA) is 60.5 Å². The number of piperazine rings is 1. The zero-order chi connectivity index (χ0) is 20.1. The fourth-order valence-electron chi connectivity index (χ4n) is 4.13. The van der Waals surface area contributed by atoms with Crippen LogP contribution < -0.4 is 15.5 Å². The standard InChI is InChI=1S/C23H31N5O/c1-27-13-15-28(16-14-27)21-9-7-19(8-10-21)25-20-11-12-24-22(17-20)23(29)26-18-5-3-2-4-6-18/h7-12,17-18H,2-6,13-16H2,1H3,(H,24,25)(H,26,29). The molecule has 1 aromatic heterocycles. The normalized spacial score (nSPS) is 18.4. The number of benzene rings is 1. The Morgan fingerprint density at radius 2 is 1.69 bits per heavy atom. The van der Waals surface area contributed by atoms with Crippen molar-refractivity contribution in [2.45, 2.75) is 38.1 Å². The zero-order valence-corrected chi connectivity index (χ0v) is 17.2. The third-order valence-corrected chi connectivity index (χ3v) is 5.96. The average molecular weight is 394 g/mol. The first-order chi connectivity index (χ1) is 14.2. The molecule has 1 saturated heterocycles. The van der Waals surface area contributed by atoms with E-state index >= 15 is 0 Å². The molecule has 6 nitrogen and oxygen atoms in total. The van der Waals surface area contributed by atoms with Gasteiger partial charge in [0.15, 0.2) is 0 Å². The predicted octanol–water partition coefficient (Wildman–Crippen LogP) is 3.64. The summed E-state index contributed by atoms with van der Waals surface area (Å²) in [4.78, 5) is 21.6. The van der Waals surface area contributed by atoms with Crippen LogP contribution in [0.25, 0.3) is 0 Å². The highest BCUT2D eigenvalue weighted by Gasteiger charge is 2.18. The van der Waals surface area contributed by atoms with Crippen LogP contribution in [0.3, 0.4) is 0 Å². The third-order valence-electron chi connectivity index (χ3n) is 5.96. The molecule has 4 rings (SSSR count). The van der Waals surface area contributed by atoms with E-state index in [0.29, 0.717) is 5.69 Å². The van der Waals surface area contributed by atoms with Crippen LogP contribution in [0.15, 0.2) is 42.6 Å². The van der Waals surface area contributed by atoms with E-state index in [1.807, 2.05) is 12.1 Å². The van der Waals surface area contributed by atoms with Crippen LogP contribution in [0, 0.1) is 0 Å². The Morgan fingerprint density at radius 3 is 2.41 bits per heavy atom. The molecule has 2 aromatic rings. The number of anilines is 3. The largest absolute Gasteiger partial charge is 0.369 e. The monoisotopic (exact) mass is 393 g/mol. The summed E-state index contributed by atoms with van der Waals surface area (Å²) in [5.41, 5.74) is 3.61. The minimum atomic E-state index is -0.0778. The first-order valence-corrected chi connectivity index (χ1v) is 10.7. The van der Waals surface area contributed by atoms with Crippen LogP contribution >= 0.6 is 0 Å². The van der Waals surface area contributed by atoms with Gasteiger partial charge in [0.1, 0.15) is 5.69 Å². The summed E-state index contributed by atoms with van der Waals surface area (Å²) in [6.07, 6.45) is 7.51. The summed E-state index contributed by atoms with van der Waals surface area (Å²) in [6, 6.07) is 12.5. The molecular formula is C23H31N5O. The van der Waals surface area contributed by atoms with Crippen molar-refractivity contribution in [3.63, 3.8) is 0 Å². The molecule has 0 spiro atoms. The Balaban J connectivity index is 1.36. The van der Waals surface area contributed by atoms with Crippen LogP contribution in [0.2, 0.25) is 0 Å². The molecule has 1 aromatic carbocycles. The van der Waals surface area contributed by atoms with Gasteiger partial charge in [-0.25, -0.2) is 0 Å². The van der Waals surface area contributed by atoms with Gasteiger partial charge in [-0.2, -0.15) is 0 Å². The minimum absolute atomic E-state index is 0.0778. The summed E-state index contributed by atoms with van der Waals surface area (Å²) in [5.74, 6) is -0.0778. The van der Waals surface area contributed by atoms with Crippen molar-refractivity contribution in [2.75, 3.05) is 43.4 Å². The number of pyridine rings is 1. The molecule has 1 amide bonds. The first-order valence-electron chi connectivity index (χ1n) is 10.7. The lowest BCUT2D eigenvalue weighted by atomic mass is 9.95. The highest BCUT2D eigenvalue weighted by molar-refractivity contribution is 5.93. The molecule has 1 aliphatic heterocycles. The van der Waals surface area contributed by atoms with Crippen molar-refractivity contribution in [1.29, 1.82) is 0 Å². The molecule has 0 bridgehead atoms. The maximum absolute atomic E-state index is 12.6. The smallest absolute Gasteiger partial charge is 0.270 e. The van der Waals surface area contributed by atoms with E-state index < -0.39 is 0 Å². The lowest BCUT2D eigenvalue weighted by molar-refractivity contribution is 0.0922. The van der Waals surface area contributed by atoms with Crippen molar-refractivity contribution < 1.29 is 4.79 Å². The van der Waals surface area contributed by atoms with E-state index in [-0.39, 0.29) is 11.9 Å². The Morgan fingerprint density at radius 1 is 0.966 bits per heavy atom. The van der Waals surface area contributed by atoms with Gasteiger partial charge in [0.25, 0.3) is 5.91 Å². The van der Waals surface area contributed by atoms with E-state index in [1.54, 1.807) is 6.20 Å². The highest BCUT2D eigenvalue weighted by atomic mass is 16.1. The molecule has 0 radical (unpaired) electrons. The van der Waals surface area contributed by atoms with Crippen molar-refractivity contribution >= 4 is 23.0 Å². The molecule has 2 fully saturated rings. The quantitative estimate of drug-likeness (QED) is 0.812. The number of carbonyl (C=O) groups is 1. The second kappa shape index (κ2) is 9.27. The second-order valence-corrected chi connectivity index (χ2v) is 8.20. The van der Waals surface area contributed by atoms with Crippen LogP contribution in [0.4, 0.5) is 17.1 Å². The van der Waals surface area contributed by atoms with Gasteiger partial charge in [-0.05, 0) is 56.3 Å². The van der Waals surface area contributed by atoms with E-state index in [2.05, 4.69) is 56.7 Å². The Labute approximate surface area is 173 Å². The number of nitrogens with zero attached hydrogens (tertiary/aromatic N) is 3. The highest BCUT2D eigenvalue weighted by Crippen LogP contribution is 2.23. The Bertz CT molecular complexity index is 808.